The molecule has 2 fully saturated rings. The average molecular weight is 526 g/mol. The van der Waals surface area contributed by atoms with Crippen LogP contribution in [-0.4, -0.2) is 37.2 Å². The number of benzene rings is 2. The second-order valence-corrected chi connectivity index (χ2v) is 12.0. The van der Waals surface area contributed by atoms with E-state index in [1.165, 1.54) is 17.2 Å². The van der Waals surface area contributed by atoms with Gasteiger partial charge in [-0.15, -0.1) is 0 Å². The van der Waals surface area contributed by atoms with Crippen molar-refractivity contribution in [2.24, 2.45) is 17.3 Å². The Kier molecular flexibility index (Phi) is 6.52. The van der Waals surface area contributed by atoms with Crippen molar-refractivity contribution in [3.05, 3.63) is 88.3 Å². The highest BCUT2D eigenvalue weighted by Crippen LogP contribution is 2.61. The molecule has 0 spiro atoms. The van der Waals surface area contributed by atoms with Gasteiger partial charge in [0.25, 0.3) is 0 Å². The highest BCUT2D eigenvalue weighted by Gasteiger charge is 2.61. The lowest BCUT2D eigenvalue weighted by atomic mass is 9.61. The monoisotopic (exact) mass is 525 g/mol. The standard InChI is InChI=1S/C34H36FNO3/c1-33-21-39-32(23-8-11-25(12-9-23)36(2)3)31-27-15-13-26(37)20-24(27)10-14-28(31)29(33)17-19-34(33,38)18-16-22-6-4-5-7-30(22)35/h4-9,11-12,20,28-29,32,38H,10,13-15,17,19,21H2,1-3H3/t28?,29?,32-,33+,34+/m1/s1. The Bertz CT molecular complexity index is 1430. The van der Waals surface area contributed by atoms with E-state index in [-0.39, 0.29) is 29.5 Å². The highest BCUT2D eigenvalue weighted by atomic mass is 19.1. The third kappa shape index (κ3) is 4.35. The average Bonchev–Trinajstić information content (AvgIpc) is 3.10. The quantitative estimate of drug-likeness (QED) is 0.478. The van der Waals surface area contributed by atoms with Gasteiger partial charge in [-0.25, -0.2) is 4.39 Å². The summed E-state index contributed by atoms with van der Waals surface area (Å²) < 4.78 is 21.2. The Morgan fingerprint density at radius 2 is 1.82 bits per heavy atom. The molecule has 1 N–H and O–H groups in total. The number of anilines is 1. The first-order valence-electron chi connectivity index (χ1n) is 14.1. The highest BCUT2D eigenvalue weighted by molar-refractivity contribution is 5.93. The number of ketones is 1. The fourth-order valence-corrected chi connectivity index (χ4v) is 7.43. The molecule has 4 aliphatic rings. The number of halogens is 1. The molecule has 4 nitrogen and oxygen atoms in total. The molecular weight excluding hydrogens is 489 g/mol. The van der Waals surface area contributed by atoms with Gasteiger partial charge in [-0.1, -0.05) is 43.0 Å². The third-order valence-corrected chi connectivity index (χ3v) is 9.71. The molecule has 0 bridgehead atoms. The first-order valence-corrected chi connectivity index (χ1v) is 14.1. The van der Waals surface area contributed by atoms with Gasteiger partial charge in [-0.2, -0.15) is 0 Å². The van der Waals surface area contributed by atoms with Crippen LogP contribution < -0.4 is 4.90 Å². The number of fused-ring (bicyclic) bond motifs is 4. The summed E-state index contributed by atoms with van der Waals surface area (Å²) in [5, 5.41) is 12.1. The van der Waals surface area contributed by atoms with E-state index in [2.05, 4.69) is 47.9 Å². The van der Waals surface area contributed by atoms with E-state index in [0.717, 1.165) is 42.5 Å². The molecule has 1 aliphatic heterocycles. The van der Waals surface area contributed by atoms with Gasteiger partial charge in [-0.3, -0.25) is 4.79 Å². The van der Waals surface area contributed by atoms with Gasteiger partial charge in [0.15, 0.2) is 5.78 Å². The van der Waals surface area contributed by atoms with E-state index in [1.54, 1.807) is 18.2 Å². The van der Waals surface area contributed by atoms with Crippen LogP contribution in [0.25, 0.3) is 0 Å². The second kappa shape index (κ2) is 9.77. The Hall–Kier alpha value is -3.20. The fraction of sp³-hybridized carbons (Fsp3) is 0.441. The summed E-state index contributed by atoms with van der Waals surface area (Å²) in [6.45, 7) is 2.46. The molecule has 39 heavy (non-hydrogen) atoms. The Morgan fingerprint density at radius 3 is 2.56 bits per heavy atom. The lowest BCUT2D eigenvalue weighted by molar-refractivity contribution is -0.114. The molecule has 202 valence electrons. The van der Waals surface area contributed by atoms with Crippen LogP contribution in [0.3, 0.4) is 0 Å². The third-order valence-electron chi connectivity index (χ3n) is 9.71. The molecule has 2 unspecified atom stereocenters. The number of hydrogen-bond donors (Lipinski definition) is 1. The van der Waals surface area contributed by atoms with Crippen LogP contribution in [0.15, 0.2) is 71.3 Å². The van der Waals surface area contributed by atoms with Crippen molar-refractivity contribution >= 4 is 11.5 Å². The molecular formula is C34H36FNO3. The lowest BCUT2D eigenvalue weighted by Crippen LogP contribution is -2.48. The number of ether oxygens (including phenoxy) is 1. The molecule has 2 aromatic carbocycles. The van der Waals surface area contributed by atoms with Crippen molar-refractivity contribution < 1.29 is 19.0 Å². The molecule has 0 amide bonds. The van der Waals surface area contributed by atoms with E-state index in [4.69, 9.17) is 4.74 Å². The van der Waals surface area contributed by atoms with Gasteiger partial charge < -0.3 is 14.7 Å². The van der Waals surface area contributed by atoms with Crippen molar-refractivity contribution in [1.82, 2.24) is 0 Å². The van der Waals surface area contributed by atoms with Crippen LogP contribution in [0.5, 0.6) is 0 Å². The summed E-state index contributed by atoms with van der Waals surface area (Å²) in [6.07, 6.45) is 6.02. The molecule has 0 radical (unpaired) electrons. The van der Waals surface area contributed by atoms with E-state index in [9.17, 15) is 14.3 Å². The second-order valence-electron chi connectivity index (χ2n) is 12.0. The van der Waals surface area contributed by atoms with Crippen LogP contribution in [0.4, 0.5) is 10.1 Å². The van der Waals surface area contributed by atoms with E-state index in [0.29, 0.717) is 25.0 Å². The number of aliphatic hydroxyl groups is 1. The predicted molar refractivity (Wildman–Crippen MR) is 151 cm³/mol. The van der Waals surface area contributed by atoms with Gasteiger partial charge >= 0.3 is 0 Å². The molecule has 1 saturated carbocycles. The normalized spacial score (nSPS) is 31.8. The van der Waals surface area contributed by atoms with E-state index in [1.807, 2.05) is 20.2 Å². The van der Waals surface area contributed by atoms with Gasteiger partial charge in [0.05, 0.1) is 12.2 Å². The molecule has 1 heterocycles. The molecule has 6 rings (SSSR count). The number of carbonyl (C=O) groups excluding carboxylic acids is 1. The zero-order chi connectivity index (χ0) is 27.4. The maximum Gasteiger partial charge on any atom is 0.156 e. The minimum atomic E-state index is -1.29. The van der Waals surface area contributed by atoms with Crippen LogP contribution in [0.1, 0.15) is 62.7 Å². The maximum atomic E-state index is 14.4. The number of rotatable bonds is 2. The van der Waals surface area contributed by atoms with Gasteiger partial charge in [0, 0.05) is 31.6 Å². The molecule has 3 aliphatic carbocycles. The molecule has 0 aromatic heterocycles. The van der Waals surface area contributed by atoms with Gasteiger partial charge in [-0.05, 0) is 96.6 Å². The van der Waals surface area contributed by atoms with Crippen molar-refractivity contribution in [3.8, 4) is 11.8 Å². The number of carbonyl (C=O) groups is 1. The number of hydrogen-bond acceptors (Lipinski definition) is 4. The Balaban J connectivity index is 1.45. The van der Waals surface area contributed by atoms with Crippen molar-refractivity contribution in [1.29, 1.82) is 0 Å². The zero-order valence-electron chi connectivity index (χ0n) is 23.0. The van der Waals surface area contributed by atoms with Crippen LogP contribution in [0, 0.1) is 34.9 Å². The first kappa shape index (κ1) is 26.0. The number of allylic oxidation sites excluding steroid dienone is 3. The van der Waals surface area contributed by atoms with E-state index >= 15 is 0 Å². The summed E-state index contributed by atoms with van der Waals surface area (Å²) >= 11 is 0. The molecule has 5 heteroatoms. The van der Waals surface area contributed by atoms with Gasteiger partial charge in [0.2, 0.25) is 0 Å². The molecule has 1 saturated heterocycles. The fourth-order valence-electron chi connectivity index (χ4n) is 7.43. The van der Waals surface area contributed by atoms with Crippen molar-refractivity contribution in [2.75, 3.05) is 25.6 Å². The topological polar surface area (TPSA) is 49.8 Å². The molecule has 5 atom stereocenters. The smallest absolute Gasteiger partial charge is 0.156 e. The minimum absolute atomic E-state index is 0.171. The largest absolute Gasteiger partial charge is 0.378 e. The zero-order valence-corrected chi connectivity index (χ0v) is 23.0. The first-order chi connectivity index (χ1) is 18.7. The lowest BCUT2D eigenvalue weighted by Gasteiger charge is -2.42. The van der Waals surface area contributed by atoms with Crippen LogP contribution in [-0.2, 0) is 9.53 Å². The van der Waals surface area contributed by atoms with Crippen molar-refractivity contribution in [3.63, 3.8) is 0 Å². The Labute approximate surface area is 230 Å². The number of nitrogens with zero attached hydrogens (tertiary/aromatic N) is 1. The SMILES string of the molecule is CN(C)c1ccc([C@H]2OC[C@@]3(C)C(CC[C@@]3(O)C#Cc3ccccc3F)C3CCC4=CC(=O)CCC4=C32)cc1. The van der Waals surface area contributed by atoms with Crippen molar-refractivity contribution in [2.45, 2.75) is 57.2 Å². The summed E-state index contributed by atoms with van der Waals surface area (Å²) in [5.41, 5.74) is 4.33. The minimum Gasteiger partial charge on any atom is -0.378 e. The molecule has 2 aromatic rings. The Morgan fingerprint density at radius 1 is 1.05 bits per heavy atom. The van der Waals surface area contributed by atoms with Crippen LogP contribution in [0.2, 0.25) is 0 Å². The van der Waals surface area contributed by atoms with Crippen LogP contribution >= 0.6 is 0 Å². The summed E-state index contributed by atoms with van der Waals surface area (Å²) in [7, 11) is 4.06. The maximum absolute atomic E-state index is 14.4. The van der Waals surface area contributed by atoms with E-state index < -0.39 is 11.0 Å². The summed E-state index contributed by atoms with van der Waals surface area (Å²) in [6, 6.07) is 15.0. The summed E-state index contributed by atoms with van der Waals surface area (Å²) in [4.78, 5) is 14.4. The van der Waals surface area contributed by atoms with Gasteiger partial charge in [0.1, 0.15) is 17.5 Å². The summed E-state index contributed by atoms with van der Waals surface area (Å²) in [5.74, 6) is 6.31. The predicted octanol–water partition coefficient (Wildman–Crippen LogP) is 6.16.